The second kappa shape index (κ2) is 6.68. The van der Waals surface area contributed by atoms with Crippen LogP contribution in [0.15, 0.2) is 47.8 Å². The molecule has 7 heteroatoms. The minimum atomic E-state index is -4.30. The predicted molar refractivity (Wildman–Crippen MR) is 88.0 cm³/mol. The Morgan fingerprint density at radius 3 is 2.58 bits per heavy atom. The van der Waals surface area contributed by atoms with E-state index in [9.17, 15) is 18.0 Å². The van der Waals surface area contributed by atoms with Crippen LogP contribution in [0.25, 0.3) is 10.2 Å². The maximum Gasteiger partial charge on any atom is 0.390 e. The lowest BCUT2D eigenvalue weighted by atomic mass is 10.2. The van der Waals surface area contributed by atoms with Crippen molar-refractivity contribution in [2.75, 3.05) is 6.54 Å². The van der Waals surface area contributed by atoms with Crippen LogP contribution in [0.4, 0.5) is 13.2 Å². The second-order valence-corrected chi connectivity index (χ2v) is 6.41. The molecule has 2 aromatic heterocycles. The Bertz CT molecular complexity index is 795. The Kier molecular flexibility index (Phi) is 4.62. The number of alkyl halides is 3. The first-order valence-corrected chi connectivity index (χ1v) is 8.26. The fourth-order valence-electron chi connectivity index (χ4n) is 2.45. The van der Waals surface area contributed by atoms with Crippen molar-refractivity contribution in [2.45, 2.75) is 19.1 Å². The van der Waals surface area contributed by atoms with Gasteiger partial charge in [0.2, 0.25) is 0 Å². The van der Waals surface area contributed by atoms with E-state index in [1.54, 1.807) is 30.3 Å². The summed E-state index contributed by atoms with van der Waals surface area (Å²) >= 11 is 1.48. The highest BCUT2D eigenvalue weighted by atomic mass is 32.1. The van der Waals surface area contributed by atoms with Gasteiger partial charge in [0.05, 0.1) is 16.6 Å². The summed E-state index contributed by atoms with van der Waals surface area (Å²) in [6.07, 6.45) is -5.33. The first-order valence-electron chi connectivity index (χ1n) is 7.38. The topological polar surface area (TPSA) is 36.1 Å². The van der Waals surface area contributed by atoms with E-state index in [-0.39, 0.29) is 13.1 Å². The largest absolute Gasteiger partial charge is 0.390 e. The third-order valence-electron chi connectivity index (χ3n) is 3.64. The zero-order chi connectivity index (χ0) is 17.2. The Hall–Kier alpha value is -2.28. The molecule has 0 saturated carbocycles. The van der Waals surface area contributed by atoms with Crippen molar-refractivity contribution < 1.29 is 18.0 Å². The lowest BCUT2D eigenvalue weighted by Gasteiger charge is -2.23. The Labute approximate surface area is 140 Å². The fourth-order valence-corrected chi connectivity index (χ4v) is 3.23. The van der Waals surface area contributed by atoms with E-state index in [0.717, 1.165) is 15.8 Å². The SMILES string of the molecule is O=C(c1cc2sccc2[nH]1)N(CCC(F)(F)F)Cc1ccccc1. The van der Waals surface area contributed by atoms with Crippen molar-refractivity contribution in [3.05, 3.63) is 59.1 Å². The van der Waals surface area contributed by atoms with Gasteiger partial charge >= 0.3 is 6.18 Å². The van der Waals surface area contributed by atoms with E-state index in [0.29, 0.717) is 5.69 Å². The molecule has 0 aliphatic heterocycles. The first kappa shape index (κ1) is 16.6. The minimum absolute atomic E-state index is 0.141. The van der Waals surface area contributed by atoms with E-state index in [2.05, 4.69) is 4.98 Å². The van der Waals surface area contributed by atoms with E-state index in [1.807, 2.05) is 17.5 Å². The van der Waals surface area contributed by atoms with Crippen LogP contribution in [-0.4, -0.2) is 28.5 Å². The fraction of sp³-hybridized carbons (Fsp3) is 0.235. The van der Waals surface area contributed by atoms with Crippen LogP contribution < -0.4 is 0 Å². The second-order valence-electron chi connectivity index (χ2n) is 5.46. The molecule has 0 aliphatic rings. The number of aromatic amines is 1. The van der Waals surface area contributed by atoms with Gasteiger partial charge in [0.25, 0.3) is 5.91 Å². The van der Waals surface area contributed by atoms with E-state index >= 15 is 0 Å². The molecule has 24 heavy (non-hydrogen) atoms. The van der Waals surface area contributed by atoms with Gasteiger partial charge in [0.15, 0.2) is 0 Å². The zero-order valence-corrected chi connectivity index (χ0v) is 13.5. The number of nitrogens with one attached hydrogen (secondary N) is 1. The summed E-state index contributed by atoms with van der Waals surface area (Å²) in [5, 5.41) is 1.89. The summed E-state index contributed by atoms with van der Waals surface area (Å²) in [5.41, 5.74) is 1.93. The quantitative estimate of drug-likeness (QED) is 0.702. The molecule has 2 heterocycles. The molecule has 1 amide bonds. The van der Waals surface area contributed by atoms with Gasteiger partial charge in [0, 0.05) is 13.1 Å². The van der Waals surface area contributed by atoms with Gasteiger partial charge in [-0.1, -0.05) is 30.3 Å². The Balaban J connectivity index is 1.81. The van der Waals surface area contributed by atoms with Crippen LogP contribution in [-0.2, 0) is 6.54 Å². The van der Waals surface area contributed by atoms with Crippen molar-refractivity contribution in [3.8, 4) is 0 Å². The number of fused-ring (bicyclic) bond motifs is 1. The molecule has 0 aliphatic carbocycles. The highest BCUT2D eigenvalue weighted by Gasteiger charge is 2.29. The molecule has 0 bridgehead atoms. The highest BCUT2D eigenvalue weighted by Crippen LogP contribution is 2.24. The average Bonchev–Trinajstić information content (AvgIpc) is 3.12. The molecule has 0 radical (unpaired) electrons. The van der Waals surface area contributed by atoms with Gasteiger partial charge in [0.1, 0.15) is 5.69 Å². The van der Waals surface area contributed by atoms with Crippen LogP contribution in [0.3, 0.4) is 0 Å². The molecule has 0 fully saturated rings. The Morgan fingerprint density at radius 2 is 1.92 bits per heavy atom. The molecule has 3 aromatic rings. The van der Waals surface area contributed by atoms with Gasteiger partial charge in [-0.25, -0.2) is 0 Å². The summed E-state index contributed by atoms with van der Waals surface area (Å²) in [6, 6.07) is 12.5. The number of H-pyrrole nitrogens is 1. The molecule has 3 nitrogen and oxygen atoms in total. The number of hydrogen-bond donors (Lipinski definition) is 1. The van der Waals surface area contributed by atoms with Crippen LogP contribution >= 0.6 is 11.3 Å². The number of amides is 1. The van der Waals surface area contributed by atoms with Gasteiger partial charge in [-0.05, 0) is 23.1 Å². The molecule has 0 spiro atoms. The lowest BCUT2D eigenvalue weighted by molar-refractivity contribution is -0.136. The average molecular weight is 352 g/mol. The predicted octanol–water partition coefficient (Wildman–Crippen LogP) is 4.82. The summed E-state index contributed by atoms with van der Waals surface area (Å²) in [5.74, 6) is -0.425. The van der Waals surface area contributed by atoms with Crippen LogP contribution in [0.5, 0.6) is 0 Å². The van der Waals surface area contributed by atoms with Crippen molar-refractivity contribution >= 4 is 27.5 Å². The molecule has 0 saturated heterocycles. The third kappa shape index (κ3) is 3.97. The zero-order valence-electron chi connectivity index (χ0n) is 12.6. The van der Waals surface area contributed by atoms with E-state index in [1.165, 1.54) is 16.2 Å². The standard InChI is InChI=1S/C17H15F3N2OS/c18-17(19,20)7-8-22(11-12-4-2-1-3-5-12)16(23)14-10-15-13(21-14)6-9-24-15/h1-6,9-10,21H,7-8,11H2. The van der Waals surface area contributed by atoms with Gasteiger partial charge < -0.3 is 9.88 Å². The van der Waals surface area contributed by atoms with E-state index in [4.69, 9.17) is 0 Å². The molecular weight excluding hydrogens is 337 g/mol. The number of carbonyl (C=O) groups excluding carboxylic acids is 1. The third-order valence-corrected chi connectivity index (χ3v) is 4.50. The maximum absolute atomic E-state index is 12.7. The summed E-state index contributed by atoms with van der Waals surface area (Å²) < 4.78 is 38.7. The molecular formula is C17H15F3N2OS. The monoisotopic (exact) mass is 352 g/mol. The maximum atomic E-state index is 12.7. The number of carbonyl (C=O) groups is 1. The summed E-state index contributed by atoms with van der Waals surface area (Å²) in [7, 11) is 0. The first-order chi connectivity index (χ1) is 11.4. The Morgan fingerprint density at radius 1 is 1.17 bits per heavy atom. The number of nitrogens with zero attached hydrogens (tertiary/aromatic N) is 1. The normalized spacial score (nSPS) is 11.8. The van der Waals surface area contributed by atoms with Crippen LogP contribution in [0.1, 0.15) is 22.5 Å². The number of hydrogen-bond acceptors (Lipinski definition) is 2. The van der Waals surface area contributed by atoms with Crippen molar-refractivity contribution in [1.29, 1.82) is 0 Å². The van der Waals surface area contributed by atoms with Gasteiger partial charge in [-0.2, -0.15) is 13.2 Å². The van der Waals surface area contributed by atoms with Gasteiger partial charge in [-0.3, -0.25) is 4.79 Å². The molecule has 1 N–H and O–H groups in total. The van der Waals surface area contributed by atoms with Crippen molar-refractivity contribution in [1.82, 2.24) is 9.88 Å². The number of benzene rings is 1. The van der Waals surface area contributed by atoms with Gasteiger partial charge in [-0.15, -0.1) is 11.3 Å². The number of thiophene rings is 1. The van der Waals surface area contributed by atoms with Crippen molar-refractivity contribution in [2.24, 2.45) is 0 Å². The number of rotatable bonds is 5. The lowest BCUT2D eigenvalue weighted by Crippen LogP contribution is -2.34. The molecule has 3 rings (SSSR count). The molecule has 1 aromatic carbocycles. The van der Waals surface area contributed by atoms with E-state index < -0.39 is 18.5 Å². The number of aromatic nitrogens is 1. The summed E-state index contributed by atoms with van der Waals surface area (Å²) in [4.78, 5) is 16.9. The highest BCUT2D eigenvalue weighted by molar-refractivity contribution is 7.17. The number of halogens is 3. The van der Waals surface area contributed by atoms with Crippen LogP contribution in [0, 0.1) is 0 Å². The molecule has 0 atom stereocenters. The smallest absolute Gasteiger partial charge is 0.350 e. The summed E-state index contributed by atoms with van der Waals surface area (Å²) in [6.45, 7) is -0.230. The van der Waals surface area contributed by atoms with Crippen molar-refractivity contribution in [3.63, 3.8) is 0 Å². The molecule has 0 unspecified atom stereocenters. The van der Waals surface area contributed by atoms with Crippen LogP contribution in [0.2, 0.25) is 0 Å². The molecule has 126 valence electrons. The minimum Gasteiger partial charge on any atom is -0.350 e.